The van der Waals surface area contributed by atoms with Crippen LogP contribution in [0, 0.1) is 21.4 Å². The molecule has 3 heterocycles. The topological polar surface area (TPSA) is 112 Å². The fourth-order valence-corrected chi connectivity index (χ4v) is 4.42. The van der Waals surface area contributed by atoms with Crippen molar-refractivity contribution < 1.29 is 4.92 Å². The van der Waals surface area contributed by atoms with Crippen LogP contribution in [0.4, 0.5) is 0 Å². The van der Waals surface area contributed by atoms with Crippen LogP contribution in [-0.4, -0.2) is 32.8 Å². The first kappa shape index (κ1) is 20.2. The van der Waals surface area contributed by atoms with Gasteiger partial charge in [-0.3, -0.25) is 10.1 Å². The lowest BCUT2D eigenvalue weighted by atomic mass is 9.86. The second-order valence-corrected chi connectivity index (χ2v) is 8.23. The maximum Gasteiger partial charge on any atom is 0.299 e. The van der Waals surface area contributed by atoms with Crippen LogP contribution in [0.15, 0.2) is 70.0 Å². The average Bonchev–Trinajstić information content (AvgIpc) is 3.13. The first-order chi connectivity index (χ1) is 14.4. The molecule has 0 spiro atoms. The molecule has 0 amide bonds. The summed E-state index contributed by atoms with van der Waals surface area (Å²) in [4.78, 5) is 19.5. The molecule has 2 aliphatic rings. The van der Waals surface area contributed by atoms with E-state index in [1.54, 1.807) is 35.4 Å². The molecule has 1 saturated heterocycles. The third kappa shape index (κ3) is 3.49. The highest BCUT2D eigenvalue weighted by Gasteiger charge is 2.47. The molecule has 0 radical (unpaired) electrons. The number of rotatable bonds is 4. The molecule has 1 fully saturated rings. The Kier molecular flexibility index (Phi) is 5.37. The van der Waals surface area contributed by atoms with E-state index in [0.717, 1.165) is 10.0 Å². The Bertz CT molecular complexity index is 1120. The minimum Gasteiger partial charge on any atom is -0.384 e. The Morgan fingerprint density at radius 2 is 2.17 bits per heavy atom. The van der Waals surface area contributed by atoms with Gasteiger partial charge in [0.25, 0.3) is 5.70 Å². The van der Waals surface area contributed by atoms with E-state index in [-0.39, 0.29) is 17.1 Å². The predicted molar refractivity (Wildman–Crippen MR) is 114 cm³/mol. The molecule has 2 aromatic rings. The number of hydrogen-bond acceptors (Lipinski definition) is 7. The summed E-state index contributed by atoms with van der Waals surface area (Å²) < 4.78 is 0.765. The number of nitrogens with two attached hydrogens (primary N) is 1. The van der Waals surface area contributed by atoms with Crippen LogP contribution in [0.1, 0.15) is 17.0 Å². The van der Waals surface area contributed by atoms with Crippen LogP contribution in [0.5, 0.6) is 0 Å². The number of benzene rings is 1. The maximum atomic E-state index is 12.3. The van der Waals surface area contributed by atoms with Gasteiger partial charge in [-0.05, 0) is 29.3 Å². The van der Waals surface area contributed by atoms with Crippen molar-refractivity contribution in [1.29, 1.82) is 5.26 Å². The number of allylic oxidation sites excluding steroid dienone is 1. The zero-order valence-corrected chi connectivity index (χ0v) is 18.0. The van der Waals surface area contributed by atoms with Crippen LogP contribution >= 0.6 is 27.5 Å². The van der Waals surface area contributed by atoms with E-state index in [9.17, 15) is 15.4 Å². The number of nitriles is 1. The molecule has 8 nitrogen and oxygen atoms in total. The van der Waals surface area contributed by atoms with Crippen molar-refractivity contribution in [2.75, 3.05) is 13.1 Å². The zero-order chi connectivity index (χ0) is 21.4. The van der Waals surface area contributed by atoms with Crippen molar-refractivity contribution in [3.63, 3.8) is 0 Å². The van der Waals surface area contributed by atoms with E-state index in [2.05, 4.69) is 27.0 Å². The van der Waals surface area contributed by atoms with Crippen LogP contribution in [-0.2, 0) is 6.54 Å². The second kappa shape index (κ2) is 7.97. The molecule has 0 saturated carbocycles. The van der Waals surface area contributed by atoms with Gasteiger partial charge in [0.15, 0.2) is 5.82 Å². The summed E-state index contributed by atoms with van der Waals surface area (Å²) in [6.45, 7) is 1.39. The normalized spacial score (nSPS) is 18.5. The molecule has 1 atom stereocenters. The number of aromatic nitrogens is 1. The maximum absolute atomic E-state index is 12.3. The van der Waals surface area contributed by atoms with Gasteiger partial charge in [0, 0.05) is 30.3 Å². The van der Waals surface area contributed by atoms with Crippen molar-refractivity contribution in [2.24, 2.45) is 5.73 Å². The fourth-order valence-electron chi connectivity index (χ4n) is 3.89. The van der Waals surface area contributed by atoms with Gasteiger partial charge < -0.3 is 15.5 Å². The molecule has 0 bridgehead atoms. The van der Waals surface area contributed by atoms with Crippen molar-refractivity contribution in [1.82, 2.24) is 14.8 Å². The lowest BCUT2D eigenvalue weighted by Crippen LogP contribution is -2.37. The van der Waals surface area contributed by atoms with Gasteiger partial charge >= 0.3 is 0 Å². The Morgan fingerprint density at radius 1 is 1.37 bits per heavy atom. The summed E-state index contributed by atoms with van der Waals surface area (Å²) in [6, 6.07) is 12.8. The number of pyridine rings is 1. The van der Waals surface area contributed by atoms with E-state index in [4.69, 9.17) is 17.3 Å². The number of nitro groups is 1. The molecule has 4 rings (SSSR count). The van der Waals surface area contributed by atoms with E-state index in [0.29, 0.717) is 36.2 Å². The molecule has 2 N–H and O–H groups in total. The van der Waals surface area contributed by atoms with Crippen molar-refractivity contribution in [3.05, 3.63) is 96.4 Å². The molecular weight excluding hydrogens is 472 g/mol. The lowest BCUT2D eigenvalue weighted by Gasteiger charge is -2.32. The summed E-state index contributed by atoms with van der Waals surface area (Å²) in [7, 11) is 0. The Balaban J connectivity index is 1.85. The SMILES string of the molecule is N#CC1=C(N)N2CCN(Cc3ccc(Cl)nc3)C2=C([N+](=O)[O-])C1c1cccc(Br)c1. The highest BCUT2D eigenvalue weighted by atomic mass is 79.9. The number of halogens is 2. The Morgan fingerprint density at radius 3 is 2.80 bits per heavy atom. The van der Waals surface area contributed by atoms with Crippen molar-refractivity contribution >= 4 is 27.5 Å². The smallest absolute Gasteiger partial charge is 0.299 e. The first-order valence-electron chi connectivity index (χ1n) is 9.07. The highest BCUT2D eigenvalue weighted by Crippen LogP contribution is 2.43. The van der Waals surface area contributed by atoms with Gasteiger partial charge in [0.2, 0.25) is 0 Å². The van der Waals surface area contributed by atoms with Crippen molar-refractivity contribution in [2.45, 2.75) is 12.5 Å². The first-order valence-corrected chi connectivity index (χ1v) is 10.2. The molecule has 1 unspecified atom stereocenters. The van der Waals surface area contributed by atoms with Crippen LogP contribution in [0.25, 0.3) is 0 Å². The molecular formula is C20H16BrClN6O2. The summed E-state index contributed by atoms with van der Waals surface area (Å²) in [6.07, 6.45) is 1.64. The lowest BCUT2D eigenvalue weighted by molar-refractivity contribution is -0.432. The fraction of sp³-hybridized carbons (Fsp3) is 0.200. The molecule has 1 aromatic carbocycles. The van der Waals surface area contributed by atoms with Gasteiger partial charge in [-0.1, -0.05) is 45.7 Å². The van der Waals surface area contributed by atoms with Crippen LogP contribution < -0.4 is 5.73 Å². The van der Waals surface area contributed by atoms with Gasteiger partial charge in [-0.15, -0.1) is 0 Å². The van der Waals surface area contributed by atoms with E-state index < -0.39 is 10.8 Å². The molecule has 152 valence electrons. The van der Waals surface area contributed by atoms with Gasteiger partial charge in [0.05, 0.1) is 16.6 Å². The van der Waals surface area contributed by atoms with Crippen LogP contribution in [0.3, 0.4) is 0 Å². The minimum absolute atomic E-state index is 0.0572. The highest BCUT2D eigenvalue weighted by molar-refractivity contribution is 9.10. The minimum atomic E-state index is -0.863. The average molecular weight is 488 g/mol. The Labute approximate surface area is 186 Å². The third-order valence-electron chi connectivity index (χ3n) is 5.17. The van der Waals surface area contributed by atoms with E-state index >= 15 is 0 Å². The third-order valence-corrected chi connectivity index (χ3v) is 5.88. The second-order valence-electron chi connectivity index (χ2n) is 6.93. The summed E-state index contributed by atoms with van der Waals surface area (Å²) in [5.74, 6) is -0.200. The molecule has 2 aliphatic heterocycles. The Hall–Kier alpha value is -3.09. The quantitative estimate of drug-likeness (QED) is 0.399. The number of fused-ring (bicyclic) bond motifs is 1. The monoisotopic (exact) mass is 486 g/mol. The van der Waals surface area contributed by atoms with E-state index in [1.807, 2.05) is 17.0 Å². The summed E-state index contributed by atoms with van der Waals surface area (Å²) >= 11 is 9.27. The number of nitrogens with zero attached hydrogens (tertiary/aromatic N) is 5. The summed E-state index contributed by atoms with van der Waals surface area (Å²) in [5.41, 5.74) is 7.95. The van der Waals surface area contributed by atoms with Crippen LogP contribution in [0.2, 0.25) is 5.15 Å². The molecule has 30 heavy (non-hydrogen) atoms. The number of hydrogen-bond donors (Lipinski definition) is 1. The zero-order valence-electron chi connectivity index (χ0n) is 15.6. The van der Waals surface area contributed by atoms with Gasteiger partial charge in [-0.25, -0.2) is 4.98 Å². The molecule has 0 aliphatic carbocycles. The van der Waals surface area contributed by atoms with E-state index in [1.165, 1.54) is 0 Å². The van der Waals surface area contributed by atoms with Gasteiger partial charge in [0.1, 0.15) is 16.9 Å². The van der Waals surface area contributed by atoms with Gasteiger partial charge in [-0.2, -0.15) is 5.26 Å². The predicted octanol–water partition coefficient (Wildman–Crippen LogP) is 3.55. The van der Waals surface area contributed by atoms with Crippen molar-refractivity contribution in [3.8, 4) is 6.07 Å². The standard InChI is InChI=1S/C20H16BrClN6O2/c21-14-3-1-2-13(8-14)17-15(9-23)19(24)27-7-6-26(20(27)18(17)28(29)30)11-12-4-5-16(22)25-10-12/h1-5,8,10,17H,6-7,11,24H2. The molecule has 10 heteroatoms. The molecule has 1 aromatic heterocycles. The largest absolute Gasteiger partial charge is 0.384 e. The summed E-state index contributed by atoms with van der Waals surface area (Å²) in [5, 5.41) is 22.4.